The standard InChI is InChI=1S/C15H21FN2O3/c16-12-6-4-11(5-7-12)14-9-8-13(21-14)3-1-2-10-18(20)15(17)19/h4-7,13-14,20H,1-3,8-10H2,(H2,17,19)/t13-,14-/m0/s1. The van der Waals surface area contributed by atoms with Crippen LogP contribution in [0.3, 0.4) is 0 Å². The second-order valence-electron chi connectivity index (χ2n) is 5.33. The summed E-state index contributed by atoms with van der Waals surface area (Å²) in [5.74, 6) is -0.240. The number of nitrogens with zero attached hydrogens (tertiary/aromatic N) is 1. The van der Waals surface area contributed by atoms with Crippen LogP contribution in [0.25, 0.3) is 0 Å². The smallest absolute Gasteiger partial charge is 0.338 e. The predicted molar refractivity (Wildman–Crippen MR) is 75.2 cm³/mol. The molecule has 1 aromatic rings. The lowest BCUT2D eigenvalue weighted by Crippen LogP contribution is -2.33. The molecule has 0 aromatic heterocycles. The lowest BCUT2D eigenvalue weighted by atomic mass is 10.0. The largest absolute Gasteiger partial charge is 0.370 e. The number of amides is 2. The van der Waals surface area contributed by atoms with Crippen LogP contribution in [-0.4, -0.2) is 29.0 Å². The van der Waals surface area contributed by atoms with Gasteiger partial charge in [0.15, 0.2) is 0 Å². The van der Waals surface area contributed by atoms with Crippen molar-refractivity contribution in [3.8, 4) is 0 Å². The molecule has 21 heavy (non-hydrogen) atoms. The average molecular weight is 296 g/mol. The van der Waals surface area contributed by atoms with E-state index < -0.39 is 6.03 Å². The Bertz CT molecular complexity index is 466. The molecule has 0 spiro atoms. The number of primary amides is 1. The number of carbonyl (C=O) groups excluding carboxylic acids is 1. The number of rotatable bonds is 6. The Labute approximate surface area is 123 Å². The van der Waals surface area contributed by atoms with Gasteiger partial charge < -0.3 is 10.5 Å². The topological polar surface area (TPSA) is 75.8 Å². The number of carbonyl (C=O) groups is 1. The van der Waals surface area contributed by atoms with E-state index in [4.69, 9.17) is 15.7 Å². The second kappa shape index (κ2) is 7.38. The molecule has 2 amide bonds. The summed E-state index contributed by atoms with van der Waals surface area (Å²) in [6.45, 7) is 0.240. The first-order valence-electron chi connectivity index (χ1n) is 7.23. The maximum atomic E-state index is 12.9. The zero-order valence-corrected chi connectivity index (χ0v) is 11.9. The van der Waals surface area contributed by atoms with Crippen LogP contribution in [0.4, 0.5) is 9.18 Å². The third-order valence-corrected chi connectivity index (χ3v) is 3.75. The number of benzene rings is 1. The molecule has 1 heterocycles. The molecule has 6 heteroatoms. The molecule has 1 fully saturated rings. The van der Waals surface area contributed by atoms with Gasteiger partial charge in [0.25, 0.3) is 0 Å². The molecule has 0 bridgehead atoms. The van der Waals surface area contributed by atoms with E-state index in [2.05, 4.69) is 0 Å². The molecule has 1 saturated heterocycles. The Hall–Kier alpha value is -1.66. The van der Waals surface area contributed by atoms with Crippen LogP contribution < -0.4 is 5.73 Å². The first-order chi connectivity index (χ1) is 10.1. The Kier molecular flexibility index (Phi) is 5.52. The van der Waals surface area contributed by atoms with E-state index in [1.165, 1.54) is 12.1 Å². The summed E-state index contributed by atoms with van der Waals surface area (Å²) in [5.41, 5.74) is 5.93. The minimum Gasteiger partial charge on any atom is -0.370 e. The molecule has 0 radical (unpaired) electrons. The monoisotopic (exact) mass is 296 g/mol. The fraction of sp³-hybridized carbons (Fsp3) is 0.533. The molecule has 3 N–H and O–H groups in total. The zero-order valence-electron chi connectivity index (χ0n) is 11.9. The summed E-state index contributed by atoms with van der Waals surface area (Å²) in [5, 5.41) is 9.65. The third-order valence-electron chi connectivity index (χ3n) is 3.75. The van der Waals surface area contributed by atoms with Crippen molar-refractivity contribution < 1.29 is 19.1 Å². The van der Waals surface area contributed by atoms with Gasteiger partial charge in [-0.3, -0.25) is 5.21 Å². The lowest BCUT2D eigenvalue weighted by Gasteiger charge is -2.15. The number of hydrogen-bond acceptors (Lipinski definition) is 3. The average Bonchev–Trinajstić information content (AvgIpc) is 2.93. The Morgan fingerprint density at radius 1 is 1.33 bits per heavy atom. The lowest BCUT2D eigenvalue weighted by molar-refractivity contribution is -0.0412. The first kappa shape index (κ1) is 15.7. The van der Waals surface area contributed by atoms with Gasteiger partial charge in [0.05, 0.1) is 18.8 Å². The highest BCUT2D eigenvalue weighted by Crippen LogP contribution is 2.34. The van der Waals surface area contributed by atoms with Gasteiger partial charge in [0.2, 0.25) is 0 Å². The van der Waals surface area contributed by atoms with E-state index in [9.17, 15) is 9.18 Å². The van der Waals surface area contributed by atoms with Crippen LogP contribution in [0.2, 0.25) is 0 Å². The molecule has 2 rings (SSSR count). The highest BCUT2D eigenvalue weighted by Gasteiger charge is 2.26. The van der Waals surface area contributed by atoms with E-state index in [-0.39, 0.29) is 24.6 Å². The van der Waals surface area contributed by atoms with E-state index >= 15 is 0 Å². The van der Waals surface area contributed by atoms with E-state index in [1.54, 1.807) is 12.1 Å². The minimum atomic E-state index is -0.830. The van der Waals surface area contributed by atoms with Crippen molar-refractivity contribution in [2.45, 2.75) is 44.3 Å². The molecule has 1 aliphatic rings. The molecule has 0 unspecified atom stereocenters. The van der Waals surface area contributed by atoms with Gasteiger partial charge in [-0.1, -0.05) is 12.1 Å². The van der Waals surface area contributed by atoms with Gasteiger partial charge in [-0.05, 0) is 49.8 Å². The molecule has 1 aromatic carbocycles. The number of unbranched alkanes of at least 4 members (excludes halogenated alkanes) is 1. The number of nitrogens with two attached hydrogens (primary N) is 1. The highest BCUT2D eigenvalue weighted by molar-refractivity contribution is 5.70. The first-order valence-corrected chi connectivity index (χ1v) is 7.23. The van der Waals surface area contributed by atoms with Crippen LogP contribution in [0.15, 0.2) is 24.3 Å². The molecule has 5 nitrogen and oxygen atoms in total. The zero-order chi connectivity index (χ0) is 15.2. The maximum absolute atomic E-state index is 12.9. The van der Waals surface area contributed by atoms with Gasteiger partial charge in [-0.15, -0.1) is 0 Å². The van der Waals surface area contributed by atoms with E-state index in [0.717, 1.165) is 31.2 Å². The summed E-state index contributed by atoms with van der Waals surface area (Å²) in [6.07, 6.45) is 4.54. The van der Waals surface area contributed by atoms with Crippen LogP contribution in [-0.2, 0) is 4.74 Å². The Morgan fingerprint density at radius 2 is 2.05 bits per heavy atom. The highest BCUT2D eigenvalue weighted by atomic mass is 19.1. The van der Waals surface area contributed by atoms with Crippen LogP contribution in [0, 0.1) is 5.82 Å². The minimum absolute atomic E-state index is 0.0376. The van der Waals surface area contributed by atoms with Crippen LogP contribution >= 0.6 is 0 Å². The molecule has 0 saturated carbocycles. The SMILES string of the molecule is NC(=O)N(O)CCCC[C@H]1CC[C@@H](c2ccc(F)cc2)O1. The maximum Gasteiger partial charge on any atom is 0.338 e. The quantitative estimate of drug-likeness (QED) is 0.481. The summed E-state index contributed by atoms with van der Waals surface area (Å²) in [6, 6.07) is 5.60. The molecule has 2 atom stereocenters. The Morgan fingerprint density at radius 3 is 2.71 bits per heavy atom. The van der Waals surface area contributed by atoms with Gasteiger partial charge in [-0.25, -0.2) is 14.2 Å². The fourth-order valence-corrected chi connectivity index (χ4v) is 2.58. The third kappa shape index (κ3) is 4.68. The number of halogens is 1. The van der Waals surface area contributed by atoms with Crippen molar-refractivity contribution in [3.05, 3.63) is 35.6 Å². The number of urea groups is 1. The summed E-state index contributed by atoms with van der Waals surface area (Å²) in [7, 11) is 0. The number of hydrogen-bond donors (Lipinski definition) is 2. The molecule has 1 aliphatic heterocycles. The van der Waals surface area contributed by atoms with Crippen LogP contribution in [0.1, 0.15) is 43.8 Å². The molecule has 116 valence electrons. The molecular weight excluding hydrogens is 275 g/mol. The van der Waals surface area contributed by atoms with Gasteiger partial charge in [-0.2, -0.15) is 0 Å². The van der Waals surface area contributed by atoms with Crippen molar-refractivity contribution in [2.24, 2.45) is 5.73 Å². The predicted octanol–water partition coefficient (Wildman–Crippen LogP) is 2.99. The van der Waals surface area contributed by atoms with Crippen LogP contribution in [0.5, 0.6) is 0 Å². The van der Waals surface area contributed by atoms with Gasteiger partial charge in [0.1, 0.15) is 5.82 Å². The Balaban J connectivity index is 1.68. The van der Waals surface area contributed by atoms with Crippen molar-refractivity contribution in [3.63, 3.8) is 0 Å². The summed E-state index contributed by atoms with van der Waals surface area (Å²) in [4.78, 5) is 10.6. The molecule has 0 aliphatic carbocycles. The van der Waals surface area contributed by atoms with Crippen molar-refractivity contribution in [1.82, 2.24) is 5.06 Å². The fourth-order valence-electron chi connectivity index (χ4n) is 2.58. The summed E-state index contributed by atoms with van der Waals surface area (Å²) >= 11 is 0. The normalized spacial score (nSPS) is 21.4. The molecular formula is C15H21FN2O3. The number of ether oxygens (including phenoxy) is 1. The van der Waals surface area contributed by atoms with Gasteiger partial charge in [0, 0.05) is 0 Å². The number of hydroxylamine groups is 2. The van der Waals surface area contributed by atoms with Crippen molar-refractivity contribution >= 4 is 6.03 Å². The van der Waals surface area contributed by atoms with Gasteiger partial charge >= 0.3 is 6.03 Å². The summed E-state index contributed by atoms with van der Waals surface area (Å²) < 4.78 is 18.8. The van der Waals surface area contributed by atoms with Crippen molar-refractivity contribution in [2.75, 3.05) is 6.54 Å². The van der Waals surface area contributed by atoms with E-state index in [1.807, 2.05) is 0 Å². The second-order valence-corrected chi connectivity index (χ2v) is 5.33. The van der Waals surface area contributed by atoms with Crippen molar-refractivity contribution in [1.29, 1.82) is 0 Å². The van der Waals surface area contributed by atoms with E-state index in [0.29, 0.717) is 11.5 Å².